The van der Waals surface area contributed by atoms with Crippen molar-refractivity contribution in [3.8, 4) is 0 Å². The van der Waals surface area contributed by atoms with Crippen LogP contribution < -0.4 is 15.5 Å². The van der Waals surface area contributed by atoms with Crippen LogP contribution in [0.15, 0.2) is 42.5 Å². The first-order valence-corrected chi connectivity index (χ1v) is 9.48. The van der Waals surface area contributed by atoms with Gasteiger partial charge in [0.05, 0.1) is 0 Å². The predicted octanol–water partition coefficient (Wildman–Crippen LogP) is 4.42. The molecule has 0 unspecified atom stereocenters. The minimum Gasteiger partial charge on any atom is -0.372 e. The molecule has 0 aliphatic carbocycles. The highest BCUT2D eigenvalue weighted by molar-refractivity contribution is 7.80. The lowest BCUT2D eigenvalue weighted by Crippen LogP contribution is -2.34. The molecule has 2 N–H and O–H groups in total. The zero-order valence-electron chi connectivity index (χ0n) is 15.3. The van der Waals surface area contributed by atoms with Crippen molar-refractivity contribution in [2.45, 2.75) is 33.1 Å². The number of rotatable bonds is 3. The van der Waals surface area contributed by atoms with Gasteiger partial charge in [0.2, 0.25) is 0 Å². The maximum absolute atomic E-state index is 12.4. The lowest BCUT2D eigenvalue weighted by molar-refractivity contribution is 0.0977. The molecule has 0 atom stereocenters. The van der Waals surface area contributed by atoms with Gasteiger partial charge < -0.3 is 10.2 Å². The first-order valence-electron chi connectivity index (χ1n) is 9.07. The van der Waals surface area contributed by atoms with Crippen LogP contribution in [0.4, 0.5) is 11.4 Å². The average Bonchev–Trinajstić information content (AvgIpc) is 2.62. The molecule has 0 spiro atoms. The van der Waals surface area contributed by atoms with E-state index < -0.39 is 0 Å². The summed E-state index contributed by atoms with van der Waals surface area (Å²) in [6.45, 7) is 6.20. The molecule has 2 aromatic rings. The summed E-state index contributed by atoms with van der Waals surface area (Å²) in [7, 11) is 0. The van der Waals surface area contributed by atoms with Crippen molar-refractivity contribution in [1.29, 1.82) is 0 Å². The predicted molar refractivity (Wildman–Crippen MR) is 112 cm³/mol. The number of piperidine rings is 1. The van der Waals surface area contributed by atoms with Crippen LogP contribution in [0.2, 0.25) is 0 Å². The van der Waals surface area contributed by atoms with E-state index in [1.54, 1.807) is 0 Å². The third-order valence-corrected chi connectivity index (χ3v) is 4.76. The van der Waals surface area contributed by atoms with Crippen LogP contribution in [0.1, 0.15) is 40.7 Å². The Morgan fingerprint density at radius 1 is 0.962 bits per heavy atom. The van der Waals surface area contributed by atoms with Gasteiger partial charge in [0.1, 0.15) is 0 Å². The van der Waals surface area contributed by atoms with Crippen molar-refractivity contribution >= 4 is 34.6 Å². The summed E-state index contributed by atoms with van der Waals surface area (Å²) in [5, 5.41) is 6.14. The van der Waals surface area contributed by atoms with Crippen LogP contribution >= 0.6 is 12.2 Å². The molecule has 3 rings (SSSR count). The van der Waals surface area contributed by atoms with Crippen LogP contribution in [0, 0.1) is 13.8 Å². The average molecular weight is 368 g/mol. The number of benzene rings is 2. The maximum atomic E-state index is 12.4. The highest BCUT2D eigenvalue weighted by Gasteiger charge is 2.12. The zero-order chi connectivity index (χ0) is 18.5. The van der Waals surface area contributed by atoms with E-state index >= 15 is 0 Å². The monoisotopic (exact) mass is 367 g/mol. The molecule has 1 amide bonds. The van der Waals surface area contributed by atoms with Crippen LogP contribution in [-0.2, 0) is 0 Å². The Kier molecular flexibility index (Phi) is 5.89. The van der Waals surface area contributed by atoms with Crippen LogP contribution in [-0.4, -0.2) is 24.1 Å². The Morgan fingerprint density at radius 3 is 2.19 bits per heavy atom. The second kappa shape index (κ2) is 8.32. The van der Waals surface area contributed by atoms with E-state index in [1.807, 2.05) is 44.2 Å². The van der Waals surface area contributed by atoms with Crippen molar-refractivity contribution in [2.75, 3.05) is 23.3 Å². The Balaban J connectivity index is 1.58. The number of hydrogen-bond donors (Lipinski definition) is 2. The third-order valence-electron chi connectivity index (χ3n) is 4.56. The molecular formula is C21H25N3OS. The Bertz CT molecular complexity index is 775. The topological polar surface area (TPSA) is 44.4 Å². The van der Waals surface area contributed by atoms with E-state index in [0.717, 1.165) is 29.9 Å². The van der Waals surface area contributed by atoms with Crippen LogP contribution in [0.3, 0.4) is 0 Å². The standard InChI is InChI=1S/C21H25N3OS/c1-15-12-16(2)14-17(13-15)20(25)23-21(26)22-18-6-8-19(9-7-18)24-10-4-3-5-11-24/h6-9,12-14H,3-5,10-11H2,1-2H3,(H2,22,23,25,26). The maximum Gasteiger partial charge on any atom is 0.257 e. The molecule has 1 aliphatic rings. The van der Waals surface area contributed by atoms with Gasteiger partial charge in [0.15, 0.2) is 5.11 Å². The van der Waals surface area contributed by atoms with Crippen molar-refractivity contribution in [1.82, 2.24) is 5.32 Å². The van der Waals surface area contributed by atoms with Crippen molar-refractivity contribution in [3.05, 3.63) is 59.2 Å². The zero-order valence-corrected chi connectivity index (χ0v) is 16.2. The molecule has 1 saturated heterocycles. The van der Waals surface area contributed by atoms with Gasteiger partial charge in [-0.2, -0.15) is 0 Å². The fourth-order valence-corrected chi connectivity index (χ4v) is 3.56. The molecule has 0 bridgehead atoms. The number of aryl methyl sites for hydroxylation is 2. The molecule has 0 saturated carbocycles. The SMILES string of the molecule is Cc1cc(C)cc(C(=O)NC(=S)Nc2ccc(N3CCCCC3)cc2)c1. The van der Waals surface area contributed by atoms with Gasteiger partial charge in [-0.05, 0) is 81.7 Å². The van der Waals surface area contributed by atoms with E-state index in [-0.39, 0.29) is 5.91 Å². The summed E-state index contributed by atoms with van der Waals surface area (Å²) in [4.78, 5) is 14.8. The number of anilines is 2. The minimum atomic E-state index is -0.195. The van der Waals surface area contributed by atoms with Gasteiger partial charge in [0.25, 0.3) is 5.91 Å². The summed E-state index contributed by atoms with van der Waals surface area (Å²) in [6, 6.07) is 14.0. The lowest BCUT2D eigenvalue weighted by atomic mass is 10.1. The first kappa shape index (κ1) is 18.4. The second-order valence-corrected chi connectivity index (χ2v) is 7.29. The number of carbonyl (C=O) groups is 1. The normalized spacial score (nSPS) is 14.0. The van der Waals surface area contributed by atoms with Gasteiger partial charge in [-0.1, -0.05) is 17.2 Å². The van der Waals surface area contributed by atoms with Crippen LogP contribution in [0.25, 0.3) is 0 Å². The fourth-order valence-electron chi connectivity index (χ4n) is 3.35. The number of amides is 1. The summed E-state index contributed by atoms with van der Waals surface area (Å²) >= 11 is 5.28. The molecule has 4 nitrogen and oxygen atoms in total. The summed E-state index contributed by atoms with van der Waals surface area (Å²) < 4.78 is 0. The van der Waals surface area contributed by atoms with Crippen molar-refractivity contribution in [3.63, 3.8) is 0 Å². The van der Waals surface area contributed by atoms with Gasteiger partial charge >= 0.3 is 0 Å². The van der Waals surface area contributed by atoms with Crippen molar-refractivity contribution in [2.24, 2.45) is 0 Å². The number of thiocarbonyl (C=S) groups is 1. The highest BCUT2D eigenvalue weighted by Crippen LogP contribution is 2.21. The number of nitrogens with zero attached hydrogens (tertiary/aromatic N) is 1. The fraction of sp³-hybridized carbons (Fsp3) is 0.333. The van der Waals surface area contributed by atoms with E-state index in [1.165, 1.54) is 24.9 Å². The Hall–Kier alpha value is -2.40. The van der Waals surface area contributed by atoms with Gasteiger partial charge in [-0.15, -0.1) is 0 Å². The van der Waals surface area contributed by atoms with Gasteiger partial charge in [0, 0.05) is 30.0 Å². The lowest BCUT2D eigenvalue weighted by Gasteiger charge is -2.28. The van der Waals surface area contributed by atoms with E-state index in [9.17, 15) is 4.79 Å². The smallest absolute Gasteiger partial charge is 0.257 e. The molecule has 0 radical (unpaired) electrons. The van der Waals surface area contributed by atoms with Gasteiger partial charge in [-0.25, -0.2) is 0 Å². The number of nitrogens with one attached hydrogen (secondary N) is 2. The molecular weight excluding hydrogens is 342 g/mol. The van der Waals surface area contributed by atoms with Crippen molar-refractivity contribution < 1.29 is 4.79 Å². The molecule has 2 aromatic carbocycles. The second-order valence-electron chi connectivity index (χ2n) is 6.88. The largest absolute Gasteiger partial charge is 0.372 e. The minimum absolute atomic E-state index is 0.195. The number of carbonyl (C=O) groups excluding carboxylic acids is 1. The van der Waals surface area contributed by atoms with E-state index in [2.05, 4.69) is 27.7 Å². The molecule has 1 heterocycles. The van der Waals surface area contributed by atoms with Crippen LogP contribution in [0.5, 0.6) is 0 Å². The summed E-state index contributed by atoms with van der Waals surface area (Å²) in [5.74, 6) is -0.195. The summed E-state index contributed by atoms with van der Waals surface area (Å²) in [6.07, 6.45) is 3.84. The Morgan fingerprint density at radius 2 is 1.58 bits per heavy atom. The molecule has 136 valence electrons. The van der Waals surface area contributed by atoms with E-state index in [0.29, 0.717) is 10.7 Å². The number of hydrogen-bond acceptors (Lipinski definition) is 3. The first-order chi connectivity index (χ1) is 12.5. The Labute approximate surface area is 160 Å². The summed E-state index contributed by atoms with van der Waals surface area (Å²) in [5.41, 5.74) is 4.84. The third kappa shape index (κ3) is 4.82. The molecule has 1 aliphatic heterocycles. The molecule has 1 fully saturated rings. The highest BCUT2D eigenvalue weighted by atomic mass is 32.1. The van der Waals surface area contributed by atoms with Gasteiger partial charge in [-0.3, -0.25) is 10.1 Å². The quantitative estimate of drug-likeness (QED) is 0.788. The molecule has 26 heavy (non-hydrogen) atoms. The molecule has 5 heteroatoms. The van der Waals surface area contributed by atoms with E-state index in [4.69, 9.17) is 12.2 Å². The molecule has 0 aromatic heterocycles.